The zero-order valence-corrected chi connectivity index (χ0v) is 18.8. The second-order valence-corrected chi connectivity index (χ2v) is 8.52. The molecule has 1 aromatic carbocycles. The zero-order chi connectivity index (χ0) is 25.1. The summed E-state index contributed by atoms with van der Waals surface area (Å²) in [5.41, 5.74) is -1.56. The first kappa shape index (κ1) is 22.9. The third kappa shape index (κ3) is 3.81. The Bertz CT molecular complexity index is 1420. The number of carbonyl (C=O) groups is 1. The van der Waals surface area contributed by atoms with Crippen LogP contribution in [0.2, 0.25) is 0 Å². The fourth-order valence-corrected chi connectivity index (χ4v) is 3.99. The summed E-state index contributed by atoms with van der Waals surface area (Å²) in [6.07, 6.45) is -1.39. The number of hydrogen-bond acceptors (Lipinski definition) is 8. The molecule has 0 saturated heterocycles. The third-order valence-electron chi connectivity index (χ3n) is 5.67. The number of aromatic nitrogens is 4. The Kier molecular flexibility index (Phi) is 5.31. The minimum atomic E-state index is -3.14. The number of alkyl halides is 2. The molecule has 0 spiro atoms. The largest absolute Gasteiger partial charge is 0.497 e. The molecule has 1 amide bonds. The van der Waals surface area contributed by atoms with Gasteiger partial charge in [-0.05, 0) is 13.8 Å². The predicted molar refractivity (Wildman–Crippen MR) is 112 cm³/mol. The van der Waals surface area contributed by atoms with Gasteiger partial charge >= 0.3 is 0 Å². The fraction of sp³-hybridized carbons (Fsp3) is 0.364. The molecule has 0 bridgehead atoms. The monoisotopic (exact) mass is 491 g/mol. The van der Waals surface area contributed by atoms with Crippen molar-refractivity contribution in [2.24, 2.45) is 0 Å². The number of aliphatic hydroxyl groups is 1. The Morgan fingerprint density at radius 1 is 1.31 bits per heavy atom. The highest BCUT2D eigenvalue weighted by molar-refractivity contribution is 5.93. The van der Waals surface area contributed by atoms with Crippen molar-refractivity contribution >= 4 is 17.0 Å². The van der Waals surface area contributed by atoms with Crippen molar-refractivity contribution in [3.63, 3.8) is 0 Å². The Balaban J connectivity index is 1.63. The van der Waals surface area contributed by atoms with Gasteiger partial charge in [0.05, 0.1) is 19.1 Å². The van der Waals surface area contributed by atoms with Crippen LogP contribution in [0.15, 0.2) is 27.3 Å². The Labute approximate surface area is 195 Å². The first-order valence-electron chi connectivity index (χ1n) is 10.6. The highest BCUT2D eigenvalue weighted by Crippen LogP contribution is 2.38. The van der Waals surface area contributed by atoms with Gasteiger partial charge in [0.2, 0.25) is 17.5 Å². The van der Waals surface area contributed by atoms with E-state index in [1.54, 1.807) is 0 Å². The molecule has 10 nitrogen and oxygen atoms in total. The van der Waals surface area contributed by atoms with Gasteiger partial charge in [0.25, 0.3) is 12.3 Å². The summed E-state index contributed by atoms with van der Waals surface area (Å²) in [7, 11) is 1.37. The van der Waals surface area contributed by atoms with Crippen LogP contribution in [-0.2, 0) is 12.0 Å². The molecule has 5 rings (SSSR count). The number of carbonyl (C=O) groups excluding carboxylic acids is 1. The number of rotatable bonds is 5. The molecule has 1 aliphatic heterocycles. The summed E-state index contributed by atoms with van der Waals surface area (Å²) < 4.78 is 58.2. The summed E-state index contributed by atoms with van der Waals surface area (Å²) in [5, 5.41) is 10.2. The van der Waals surface area contributed by atoms with E-state index >= 15 is 0 Å². The molecule has 0 fully saturated rings. The van der Waals surface area contributed by atoms with Gasteiger partial charge in [0.1, 0.15) is 16.9 Å². The van der Waals surface area contributed by atoms with E-state index in [9.17, 15) is 23.1 Å². The number of H-pyrrole nitrogens is 1. The van der Waals surface area contributed by atoms with Crippen molar-refractivity contribution in [3.8, 4) is 5.75 Å². The van der Waals surface area contributed by atoms with E-state index in [0.29, 0.717) is 17.8 Å². The number of fused-ring (bicyclic) bond motifs is 2. The lowest BCUT2D eigenvalue weighted by molar-refractivity contribution is 0.0436. The number of amides is 1. The summed E-state index contributed by atoms with van der Waals surface area (Å²) in [6, 6.07) is 1.52. The number of imidazole rings is 1. The SMILES string of the molecule is COc1cc(F)c2oc([C@@H]3c4nc[nH]c4CCN3C(=O)c3oc(C(C)(C)O)nc3C(F)F)nc2c1. The van der Waals surface area contributed by atoms with Crippen molar-refractivity contribution in [1.29, 1.82) is 0 Å². The Morgan fingerprint density at radius 2 is 2.09 bits per heavy atom. The summed E-state index contributed by atoms with van der Waals surface area (Å²) >= 11 is 0. The number of nitrogens with zero attached hydrogens (tertiary/aromatic N) is 4. The number of halogens is 3. The predicted octanol–water partition coefficient (Wildman–Crippen LogP) is 3.64. The van der Waals surface area contributed by atoms with Gasteiger partial charge in [-0.25, -0.2) is 28.1 Å². The average Bonchev–Trinajstić information content (AvgIpc) is 3.54. The highest BCUT2D eigenvalue weighted by Gasteiger charge is 2.42. The van der Waals surface area contributed by atoms with E-state index in [1.165, 1.54) is 38.3 Å². The smallest absolute Gasteiger partial charge is 0.292 e. The number of aromatic amines is 1. The molecule has 0 radical (unpaired) electrons. The van der Waals surface area contributed by atoms with Crippen LogP contribution in [0.4, 0.5) is 13.2 Å². The molecule has 3 aromatic heterocycles. The lowest BCUT2D eigenvalue weighted by atomic mass is 10.0. The lowest BCUT2D eigenvalue weighted by Crippen LogP contribution is -2.41. The van der Waals surface area contributed by atoms with Crippen LogP contribution in [0.3, 0.4) is 0 Å². The molecule has 2 N–H and O–H groups in total. The second-order valence-electron chi connectivity index (χ2n) is 8.52. The van der Waals surface area contributed by atoms with Crippen LogP contribution in [0.1, 0.15) is 65.7 Å². The number of methoxy groups -OCH3 is 1. The van der Waals surface area contributed by atoms with Crippen molar-refractivity contribution in [2.45, 2.75) is 38.3 Å². The van der Waals surface area contributed by atoms with Gasteiger partial charge in [0, 0.05) is 30.8 Å². The van der Waals surface area contributed by atoms with Crippen LogP contribution in [0.5, 0.6) is 5.75 Å². The Hall–Kier alpha value is -3.87. The van der Waals surface area contributed by atoms with Crippen LogP contribution in [0.25, 0.3) is 11.1 Å². The molecule has 4 aromatic rings. The van der Waals surface area contributed by atoms with Gasteiger partial charge in [-0.3, -0.25) is 4.79 Å². The molecule has 13 heteroatoms. The minimum absolute atomic E-state index is 0.0600. The van der Waals surface area contributed by atoms with Crippen molar-refractivity contribution in [3.05, 3.63) is 58.9 Å². The molecule has 0 saturated carbocycles. The van der Waals surface area contributed by atoms with Gasteiger partial charge in [-0.2, -0.15) is 0 Å². The van der Waals surface area contributed by atoms with Crippen LogP contribution < -0.4 is 4.74 Å². The third-order valence-corrected chi connectivity index (χ3v) is 5.67. The molecule has 0 aliphatic carbocycles. The first-order chi connectivity index (χ1) is 16.6. The second kappa shape index (κ2) is 8.12. The van der Waals surface area contributed by atoms with Gasteiger partial charge in [-0.15, -0.1) is 0 Å². The number of nitrogens with one attached hydrogen (secondary N) is 1. The highest BCUT2D eigenvalue weighted by atomic mass is 19.3. The van der Waals surface area contributed by atoms with Crippen molar-refractivity contribution in [1.82, 2.24) is 24.8 Å². The van der Waals surface area contributed by atoms with Crippen LogP contribution in [-0.4, -0.2) is 49.5 Å². The minimum Gasteiger partial charge on any atom is -0.497 e. The first-order valence-corrected chi connectivity index (χ1v) is 10.6. The van der Waals surface area contributed by atoms with Crippen LogP contribution in [0, 0.1) is 5.82 Å². The quantitative estimate of drug-likeness (QED) is 0.433. The molecule has 184 valence electrons. The molecule has 35 heavy (non-hydrogen) atoms. The summed E-state index contributed by atoms with van der Waals surface area (Å²) in [6.45, 7) is 2.65. The molecule has 1 aliphatic rings. The van der Waals surface area contributed by atoms with E-state index in [2.05, 4.69) is 19.9 Å². The topological polar surface area (TPSA) is 131 Å². The number of hydrogen-bond donors (Lipinski definition) is 2. The molecule has 0 unspecified atom stereocenters. The van der Waals surface area contributed by atoms with Crippen molar-refractivity contribution < 1.29 is 36.6 Å². The standard InChI is InChI=1S/C22H20F3N5O5/c1-22(2,32)21-29-14(18(24)25)17(35-21)20(31)30-5-4-11-13(27-8-26-11)15(30)19-28-12-7-9(33-3)6-10(23)16(12)34-19/h6-8,15,18,32H,4-5H2,1-3H3,(H,26,27)/t15-/m0/s1. The maximum Gasteiger partial charge on any atom is 0.292 e. The summed E-state index contributed by atoms with van der Waals surface area (Å²) in [5.74, 6) is -2.66. The maximum absolute atomic E-state index is 14.6. The maximum atomic E-state index is 14.6. The lowest BCUT2D eigenvalue weighted by Gasteiger charge is -2.32. The Morgan fingerprint density at radius 3 is 2.77 bits per heavy atom. The van der Waals surface area contributed by atoms with E-state index in [4.69, 9.17) is 13.6 Å². The van der Waals surface area contributed by atoms with E-state index in [1.807, 2.05) is 0 Å². The summed E-state index contributed by atoms with van der Waals surface area (Å²) in [4.78, 5) is 30.0. The number of oxazole rings is 2. The zero-order valence-electron chi connectivity index (χ0n) is 18.8. The number of ether oxygens (including phenoxy) is 1. The fourth-order valence-electron chi connectivity index (χ4n) is 3.99. The van der Waals surface area contributed by atoms with Crippen LogP contribution >= 0.6 is 0 Å². The van der Waals surface area contributed by atoms with Gasteiger partial charge in [0.15, 0.2) is 23.1 Å². The van der Waals surface area contributed by atoms with E-state index in [0.717, 1.165) is 6.07 Å². The number of benzene rings is 1. The van der Waals surface area contributed by atoms with Gasteiger partial charge in [-0.1, -0.05) is 0 Å². The molecular formula is C22H20F3N5O5. The van der Waals surface area contributed by atoms with Gasteiger partial charge < -0.3 is 28.6 Å². The molecule has 1 atom stereocenters. The molecular weight excluding hydrogens is 471 g/mol. The molecule has 4 heterocycles. The average molecular weight is 491 g/mol. The van der Waals surface area contributed by atoms with Crippen molar-refractivity contribution in [2.75, 3.05) is 13.7 Å². The van der Waals surface area contributed by atoms with E-state index < -0.39 is 47.1 Å². The van der Waals surface area contributed by atoms with E-state index in [-0.39, 0.29) is 29.3 Å². The normalized spacial score (nSPS) is 16.2.